The van der Waals surface area contributed by atoms with Crippen LogP contribution < -0.4 is 5.32 Å². The molecule has 1 atom stereocenters. The minimum Gasteiger partial charge on any atom is -0.269 e. The van der Waals surface area contributed by atoms with Crippen LogP contribution in [0.2, 0.25) is 0 Å². The molecular weight excluding hydrogens is 204 g/mol. The maximum absolute atomic E-state index is 11.3. The molecule has 2 fully saturated rings. The van der Waals surface area contributed by atoms with Crippen molar-refractivity contribution in [3.8, 4) is 0 Å². The van der Waals surface area contributed by atoms with Crippen LogP contribution in [0.15, 0.2) is 0 Å². The second kappa shape index (κ2) is 3.61. The molecule has 5 nitrogen and oxygen atoms in total. The largest absolute Gasteiger partial charge is 0.331 e. The Bertz CT molecular complexity index is 299. The molecule has 1 unspecified atom stereocenters. The van der Waals surface area contributed by atoms with E-state index in [-0.39, 0.29) is 6.04 Å². The second-order valence-corrected chi connectivity index (χ2v) is 4.46. The van der Waals surface area contributed by atoms with Gasteiger partial charge < -0.3 is 0 Å². The molecule has 2 rings (SSSR count). The Balaban J connectivity index is 2.12. The summed E-state index contributed by atoms with van der Waals surface area (Å²) in [4.78, 5) is 34.5. The Labute approximate surface area is 85.2 Å². The number of nitrogens with one attached hydrogen (secondary N) is 1. The van der Waals surface area contributed by atoms with E-state index in [1.54, 1.807) is 11.8 Å². The summed E-state index contributed by atoms with van der Waals surface area (Å²) in [5, 5.41) is 2.00. The van der Waals surface area contributed by atoms with Crippen molar-refractivity contribution in [2.75, 3.05) is 11.5 Å². The van der Waals surface area contributed by atoms with Gasteiger partial charge in [-0.2, -0.15) is 11.8 Å². The van der Waals surface area contributed by atoms with Crippen molar-refractivity contribution in [2.45, 2.75) is 18.9 Å². The fourth-order valence-corrected chi connectivity index (χ4v) is 2.80. The van der Waals surface area contributed by atoms with E-state index in [2.05, 4.69) is 0 Å². The van der Waals surface area contributed by atoms with Crippen LogP contribution in [0.5, 0.6) is 0 Å². The molecule has 0 aliphatic carbocycles. The van der Waals surface area contributed by atoms with Gasteiger partial charge in [-0.05, 0) is 18.6 Å². The van der Waals surface area contributed by atoms with Crippen LogP contribution in [0.4, 0.5) is 4.79 Å². The quantitative estimate of drug-likeness (QED) is 0.491. The third kappa shape index (κ3) is 1.50. The molecule has 14 heavy (non-hydrogen) atoms. The molecule has 6 heteroatoms. The Kier molecular flexibility index (Phi) is 2.45. The minimum absolute atomic E-state index is 0.104. The molecule has 0 bridgehead atoms. The molecular formula is C8H10N2O3S. The van der Waals surface area contributed by atoms with Gasteiger partial charge in [0.1, 0.15) is 0 Å². The lowest BCUT2D eigenvalue weighted by Gasteiger charge is -2.27. The molecule has 2 aliphatic rings. The molecule has 0 spiro atoms. The van der Waals surface area contributed by atoms with Gasteiger partial charge in [-0.3, -0.25) is 19.8 Å². The summed E-state index contributed by atoms with van der Waals surface area (Å²) < 4.78 is 0. The van der Waals surface area contributed by atoms with Crippen molar-refractivity contribution < 1.29 is 14.4 Å². The Morgan fingerprint density at radius 2 is 2.14 bits per heavy atom. The zero-order valence-electron chi connectivity index (χ0n) is 7.49. The number of imide groups is 2. The van der Waals surface area contributed by atoms with Gasteiger partial charge in [0.05, 0.1) is 6.04 Å². The van der Waals surface area contributed by atoms with E-state index < -0.39 is 17.8 Å². The molecule has 2 heterocycles. The highest BCUT2D eigenvalue weighted by molar-refractivity contribution is 7.99. The molecule has 1 N–H and O–H groups in total. The Morgan fingerprint density at radius 3 is 2.64 bits per heavy atom. The van der Waals surface area contributed by atoms with Crippen molar-refractivity contribution >= 4 is 29.6 Å². The number of hydrogen-bond acceptors (Lipinski definition) is 4. The molecule has 4 amide bonds. The van der Waals surface area contributed by atoms with Gasteiger partial charge in [-0.1, -0.05) is 0 Å². The standard InChI is InChI=1S/C8H10N2O3S/c11-6-7(12)10(8(13)9-6)5-2-1-3-14-4-5/h5H,1-4H2,(H,9,11,13). The third-order valence-corrected chi connectivity index (χ3v) is 3.55. The van der Waals surface area contributed by atoms with E-state index in [1.807, 2.05) is 5.32 Å². The zero-order valence-corrected chi connectivity index (χ0v) is 8.30. The van der Waals surface area contributed by atoms with E-state index in [1.165, 1.54) is 0 Å². The van der Waals surface area contributed by atoms with Gasteiger partial charge in [0.25, 0.3) is 0 Å². The van der Waals surface area contributed by atoms with Gasteiger partial charge in [-0.25, -0.2) is 4.79 Å². The number of rotatable bonds is 1. The lowest BCUT2D eigenvalue weighted by atomic mass is 10.1. The monoisotopic (exact) mass is 214 g/mol. The second-order valence-electron chi connectivity index (χ2n) is 3.31. The average Bonchev–Trinajstić information content (AvgIpc) is 2.43. The van der Waals surface area contributed by atoms with Crippen molar-refractivity contribution in [2.24, 2.45) is 0 Å². The van der Waals surface area contributed by atoms with Crippen LogP contribution >= 0.6 is 11.8 Å². The zero-order chi connectivity index (χ0) is 10.1. The van der Waals surface area contributed by atoms with Crippen molar-refractivity contribution in [1.82, 2.24) is 10.2 Å². The first-order valence-corrected chi connectivity index (χ1v) is 5.62. The van der Waals surface area contributed by atoms with Crippen LogP contribution in [0.25, 0.3) is 0 Å². The Morgan fingerprint density at radius 1 is 1.36 bits per heavy atom. The summed E-state index contributed by atoms with van der Waals surface area (Å²) in [5.41, 5.74) is 0. The van der Waals surface area contributed by atoms with Gasteiger partial charge >= 0.3 is 17.8 Å². The van der Waals surface area contributed by atoms with Crippen LogP contribution in [0.1, 0.15) is 12.8 Å². The summed E-state index contributed by atoms with van der Waals surface area (Å²) in [7, 11) is 0. The maximum Gasteiger partial charge on any atom is 0.331 e. The molecule has 0 saturated carbocycles. The lowest BCUT2D eigenvalue weighted by Crippen LogP contribution is -2.43. The molecule has 0 radical (unpaired) electrons. The number of urea groups is 1. The number of carbonyl (C=O) groups is 3. The number of carbonyl (C=O) groups excluding carboxylic acids is 3. The predicted octanol–water partition coefficient (Wildman–Crippen LogP) is -0.0396. The van der Waals surface area contributed by atoms with Crippen LogP contribution in [-0.2, 0) is 9.59 Å². The highest BCUT2D eigenvalue weighted by Crippen LogP contribution is 2.23. The fraction of sp³-hybridized carbons (Fsp3) is 0.625. The molecule has 0 aromatic rings. The van der Waals surface area contributed by atoms with Crippen LogP contribution in [0, 0.1) is 0 Å². The number of nitrogens with zero attached hydrogens (tertiary/aromatic N) is 1. The summed E-state index contributed by atoms with van der Waals surface area (Å²) in [5.74, 6) is 0.300. The Hall–Kier alpha value is -1.04. The topological polar surface area (TPSA) is 66.5 Å². The van der Waals surface area contributed by atoms with E-state index >= 15 is 0 Å². The third-order valence-electron chi connectivity index (χ3n) is 2.35. The van der Waals surface area contributed by atoms with Crippen LogP contribution in [0.3, 0.4) is 0 Å². The number of amides is 4. The number of hydrogen-bond donors (Lipinski definition) is 1. The van der Waals surface area contributed by atoms with Gasteiger partial charge in [0.2, 0.25) is 0 Å². The maximum atomic E-state index is 11.3. The smallest absolute Gasteiger partial charge is 0.269 e. The van der Waals surface area contributed by atoms with Crippen molar-refractivity contribution in [3.05, 3.63) is 0 Å². The highest BCUT2D eigenvalue weighted by atomic mass is 32.2. The highest BCUT2D eigenvalue weighted by Gasteiger charge is 2.41. The average molecular weight is 214 g/mol. The molecule has 76 valence electrons. The van der Waals surface area contributed by atoms with E-state index in [9.17, 15) is 14.4 Å². The molecule has 2 saturated heterocycles. The van der Waals surface area contributed by atoms with E-state index in [4.69, 9.17) is 0 Å². The summed E-state index contributed by atoms with van der Waals surface area (Å²) in [6.45, 7) is 0. The normalized spacial score (nSPS) is 28.1. The van der Waals surface area contributed by atoms with Crippen LogP contribution in [-0.4, -0.2) is 40.3 Å². The lowest BCUT2D eigenvalue weighted by molar-refractivity contribution is -0.140. The van der Waals surface area contributed by atoms with Crippen molar-refractivity contribution in [1.29, 1.82) is 0 Å². The van der Waals surface area contributed by atoms with E-state index in [0.29, 0.717) is 0 Å². The number of thioether (sulfide) groups is 1. The first kappa shape index (κ1) is 9.51. The van der Waals surface area contributed by atoms with Gasteiger partial charge in [0, 0.05) is 5.75 Å². The van der Waals surface area contributed by atoms with Crippen molar-refractivity contribution in [3.63, 3.8) is 0 Å². The van der Waals surface area contributed by atoms with E-state index in [0.717, 1.165) is 29.2 Å². The summed E-state index contributed by atoms with van der Waals surface area (Å²) >= 11 is 1.71. The van der Waals surface area contributed by atoms with Gasteiger partial charge in [0.15, 0.2) is 0 Å². The van der Waals surface area contributed by atoms with Gasteiger partial charge in [-0.15, -0.1) is 0 Å². The minimum atomic E-state index is -0.800. The summed E-state index contributed by atoms with van der Waals surface area (Å²) in [6, 6.07) is -0.666. The first-order chi connectivity index (χ1) is 6.70. The fourth-order valence-electron chi connectivity index (χ4n) is 1.67. The molecule has 2 aliphatic heterocycles. The predicted molar refractivity (Wildman–Crippen MR) is 50.7 cm³/mol. The molecule has 0 aromatic carbocycles. The molecule has 0 aromatic heterocycles. The SMILES string of the molecule is O=C1NC(=O)N(C2CCCSC2)C1=O. The summed E-state index contributed by atoms with van der Waals surface area (Å²) in [6.07, 6.45) is 1.79. The first-order valence-electron chi connectivity index (χ1n) is 4.46.